The molecule has 0 aliphatic heterocycles. The molecule has 2 heterocycles. The van der Waals surface area contributed by atoms with Crippen molar-refractivity contribution in [3.05, 3.63) is 64.3 Å². The maximum atomic E-state index is 12.8. The Kier molecular flexibility index (Phi) is 5.96. The van der Waals surface area contributed by atoms with Crippen LogP contribution in [0.15, 0.2) is 58.3 Å². The van der Waals surface area contributed by atoms with E-state index < -0.39 is 11.2 Å². The normalized spacial score (nSPS) is 11.9. The van der Waals surface area contributed by atoms with Gasteiger partial charge in [0.05, 0.1) is 21.7 Å². The lowest BCUT2D eigenvalue weighted by atomic mass is 10.2. The smallest absolute Gasteiger partial charge is 0.262 e. The lowest BCUT2D eigenvalue weighted by Gasteiger charge is -2.15. The van der Waals surface area contributed by atoms with Crippen molar-refractivity contribution in [2.75, 3.05) is 5.32 Å². The van der Waals surface area contributed by atoms with Gasteiger partial charge in [-0.05, 0) is 30.5 Å². The second-order valence-corrected chi connectivity index (χ2v) is 8.12. The van der Waals surface area contributed by atoms with Gasteiger partial charge in [0.1, 0.15) is 5.00 Å². The van der Waals surface area contributed by atoms with Gasteiger partial charge in [-0.3, -0.25) is 19.0 Å². The number of hydrogen-bond donors (Lipinski definition) is 2. The number of aromatic nitrogens is 2. The van der Waals surface area contributed by atoms with Gasteiger partial charge in [-0.1, -0.05) is 30.0 Å². The fourth-order valence-electron chi connectivity index (χ4n) is 2.55. The summed E-state index contributed by atoms with van der Waals surface area (Å²) >= 11 is 2.38. The first-order chi connectivity index (χ1) is 13.4. The number of carbonyl (C=O) groups is 2. The van der Waals surface area contributed by atoms with Crippen LogP contribution in [0.1, 0.15) is 17.3 Å². The molecule has 0 saturated carbocycles. The Balaban J connectivity index is 1.88. The highest BCUT2D eigenvalue weighted by atomic mass is 32.2. The molecule has 0 fully saturated rings. The highest BCUT2D eigenvalue weighted by Gasteiger charge is 2.21. The molecule has 9 heteroatoms. The van der Waals surface area contributed by atoms with E-state index in [0.29, 0.717) is 21.1 Å². The number of para-hydroxylation sites is 1. The van der Waals surface area contributed by atoms with Crippen LogP contribution in [0, 0.1) is 0 Å². The molecule has 0 aliphatic carbocycles. The Hall–Kier alpha value is -2.91. The molecule has 0 radical (unpaired) electrons. The van der Waals surface area contributed by atoms with Crippen LogP contribution in [0.2, 0.25) is 0 Å². The summed E-state index contributed by atoms with van der Waals surface area (Å²) in [5, 5.41) is 5.17. The molecule has 1 atom stereocenters. The molecule has 0 unspecified atom stereocenters. The lowest BCUT2D eigenvalue weighted by Crippen LogP contribution is -2.27. The SMILES string of the molecule is C=CCn1c(S[C@@H](C)C(=O)Nc2sccc2C(N)=O)nc2ccccc2c1=O. The second kappa shape index (κ2) is 8.41. The van der Waals surface area contributed by atoms with E-state index in [1.807, 2.05) is 0 Å². The van der Waals surface area contributed by atoms with Crippen molar-refractivity contribution in [2.45, 2.75) is 23.9 Å². The third kappa shape index (κ3) is 4.00. The number of rotatable bonds is 7. The van der Waals surface area contributed by atoms with Crippen molar-refractivity contribution in [2.24, 2.45) is 5.73 Å². The predicted molar refractivity (Wildman–Crippen MR) is 113 cm³/mol. The minimum atomic E-state index is -0.604. The number of nitrogens with two attached hydrogens (primary N) is 1. The number of thiophene rings is 1. The van der Waals surface area contributed by atoms with Crippen LogP contribution in [0.25, 0.3) is 10.9 Å². The van der Waals surface area contributed by atoms with E-state index in [2.05, 4.69) is 16.9 Å². The minimum absolute atomic E-state index is 0.185. The maximum absolute atomic E-state index is 12.8. The monoisotopic (exact) mass is 414 g/mol. The topological polar surface area (TPSA) is 107 Å². The van der Waals surface area contributed by atoms with E-state index in [4.69, 9.17) is 5.73 Å². The zero-order valence-electron chi connectivity index (χ0n) is 15.0. The lowest BCUT2D eigenvalue weighted by molar-refractivity contribution is -0.115. The van der Waals surface area contributed by atoms with Crippen LogP contribution in [0.4, 0.5) is 5.00 Å². The Morgan fingerprint density at radius 3 is 2.86 bits per heavy atom. The summed E-state index contributed by atoms with van der Waals surface area (Å²) in [6.07, 6.45) is 1.61. The molecule has 144 valence electrons. The largest absolute Gasteiger partial charge is 0.366 e. The zero-order valence-corrected chi connectivity index (χ0v) is 16.7. The molecule has 0 aliphatic rings. The fourth-order valence-corrected chi connectivity index (χ4v) is 4.27. The number of anilines is 1. The molecular weight excluding hydrogens is 396 g/mol. The number of hydrogen-bond acceptors (Lipinski definition) is 6. The number of allylic oxidation sites excluding steroid dienone is 1. The standard InChI is InChI=1S/C19H18N4O3S2/c1-3-9-23-18(26)12-6-4-5-7-14(12)21-19(23)28-11(2)16(25)22-17-13(15(20)24)8-10-27-17/h3-8,10-11H,1,9H2,2H3,(H2,20,24)(H,22,25)/t11-/m0/s1. The molecule has 1 aromatic carbocycles. The van der Waals surface area contributed by atoms with Gasteiger partial charge < -0.3 is 11.1 Å². The minimum Gasteiger partial charge on any atom is -0.366 e. The average molecular weight is 415 g/mol. The summed E-state index contributed by atoms with van der Waals surface area (Å²) in [5.41, 5.74) is 5.96. The van der Waals surface area contributed by atoms with Gasteiger partial charge in [0.25, 0.3) is 11.5 Å². The van der Waals surface area contributed by atoms with E-state index in [1.54, 1.807) is 48.7 Å². The van der Waals surface area contributed by atoms with E-state index in [1.165, 1.54) is 15.9 Å². The number of benzene rings is 1. The molecule has 0 saturated heterocycles. The van der Waals surface area contributed by atoms with Gasteiger partial charge in [0.2, 0.25) is 5.91 Å². The Labute approximate surface area is 169 Å². The van der Waals surface area contributed by atoms with Gasteiger partial charge >= 0.3 is 0 Å². The Bertz CT molecular complexity index is 1120. The van der Waals surface area contributed by atoms with Crippen molar-refractivity contribution >= 4 is 50.8 Å². The van der Waals surface area contributed by atoms with Gasteiger partial charge in [-0.25, -0.2) is 4.98 Å². The molecule has 3 N–H and O–H groups in total. The highest BCUT2D eigenvalue weighted by molar-refractivity contribution is 8.00. The van der Waals surface area contributed by atoms with Crippen LogP contribution in [0.5, 0.6) is 0 Å². The van der Waals surface area contributed by atoms with Crippen LogP contribution >= 0.6 is 23.1 Å². The molecule has 2 amide bonds. The molecule has 7 nitrogen and oxygen atoms in total. The van der Waals surface area contributed by atoms with Gasteiger partial charge in [0, 0.05) is 6.54 Å². The van der Waals surface area contributed by atoms with E-state index in [0.717, 1.165) is 11.8 Å². The summed E-state index contributed by atoms with van der Waals surface area (Å²) in [6.45, 7) is 5.68. The predicted octanol–water partition coefficient (Wildman–Crippen LogP) is 2.86. The van der Waals surface area contributed by atoms with Crippen molar-refractivity contribution in [3.8, 4) is 0 Å². The van der Waals surface area contributed by atoms with Gasteiger partial charge in [-0.15, -0.1) is 17.9 Å². The van der Waals surface area contributed by atoms with Gasteiger partial charge in [0.15, 0.2) is 5.16 Å². The molecule has 3 rings (SSSR count). The molecule has 2 aromatic heterocycles. The van der Waals surface area contributed by atoms with Crippen molar-refractivity contribution in [1.82, 2.24) is 9.55 Å². The fraction of sp³-hybridized carbons (Fsp3) is 0.158. The highest BCUT2D eigenvalue weighted by Crippen LogP contribution is 2.26. The Morgan fingerprint density at radius 1 is 1.39 bits per heavy atom. The van der Waals surface area contributed by atoms with Crippen molar-refractivity contribution in [3.63, 3.8) is 0 Å². The maximum Gasteiger partial charge on any atom is 0.262 e. The zero-order chi connectivity index (χ0) is 20.3. The summed E-state index contributed by atoms with van der Waals surface area (Å²) in [6, 6.07) is 8.63. The van der Waals surface area contributed by atoms with Crippen LogP contribution in [0.3, 0.4) is 0 Å². The Morgan fingerprint density at radius 2 is 2.14 bits per heavy atom. The summed E-state index contributed by atoms with van der Waals surface area (Å²) in [5.74, 6) is -0.921. The third-order valence-electron chi connectivity index (χ3n) is 3.96. The van der Waals surface area contributed by atoms with E-state index >= 15 is 0 Å². The summed E-state index contributed by atoms with van der Waals surface area (Å²) in [4.78, 5) is 41.3. The van der Waals surface area contributed by atoms with Crippen LogP contribution < -0.4 is 16.6 Å². The average Bonchev–Trinajstić information content (AvgIpc) is 3.13. The van der Waals surface area contributed by atoms with E-state index in [-0.39, 0.29) is 23.6 Å². The molecule has 3 aromatic rings. The number of carbonyl (C=O) groups excluding carboxylic acids is 2. The molecule has 0 bridgehead atoms. The molecule has 0 spiro atoms. The summed E-state index contributed by atoms with van der Waals surface area (Å²) < 4.78 is 1.49. The first-order valence-corrected chi connectivity index (χ1v) is 10.1. The number of thioether (sulfide) groups is 1. The number of amides is 2. The molecule has 28 heavy (non-hydrogen) atoms. The number of nitrogens with one attached hydrogen (secondary N) is 1. The first-order valence-electron chi connectivity index (χ1n) is 8.37. The quantitative estimate of drug-likeness (QED) is 0.351. The van der Waals surface area contributed by atoms with E-state index in [9.17, 15) is 14.4 Å². The third-order valence-corrected chi connectivity index (χ3v) is 5.88. The molecular formula is C19H18N4O3S2. The first kappa shape index (κ1) is 19.8. The van der Waals surface area contributed by atoms with Crippen LogP contribution in [-0.4, -0.2) is 26.6 Å². The summed E-state index contributed by atoms with van der Waals surface area (Å²) in [7, 11) is 0. The second-order valence-electron chi connectivity index (χ2n) is 5.89. The number of nitrogens with zero attached hydrogens (tertiary/aromatic N) is 2. The van der Waals surface area contributed by atoms with Crippen molar-refractivity contribution in [1.29, 1.82) is 0 Å². The van der Waals surface area contributed by atoms with Crippen LogP contribution in [-0.2, 0) is 11.3 Å². The van der Waals surface area contributed by atoms with Gasteiger partial charge in [-0.2, -0.15) is 0 Å². The number of fused-ring (bicyclic) bond motifs is 1. The number of primary amides is 1. The van der Waals surface area contributed by atoms with Crippen molar-refractivity contribution < 1.29 is 9.59 Å².